The minimum atomic E-state index is 0.836. The number of H-pyrrole nitrogens is 1. The number of nitrogens with one attached hydrogen (secondary N) is 1. The SMILES string of the molecule is CC(=Cc1ccco1)c1nc2ccccc2[nH]1. The lowest BCUT2D eigenvalue weighted by Crippen LogP contribution is -1.81. The van der Waals surface area contributed by atoms with E-state index >= 15 is 0 Å². The average Bonchev–Trinajstić information content (AvgIpc) is 2.96. The van der Waals surface area contributed by atoms with Crippen molar-refractivity contribution < 1.29 is 4.42 Å². The normalized spacial score (nSPS) is 12.2. The quantitative estimate of drug-likeness (QED) is 0.720. The van der Waals surface area contributed by atoms with Crippen LogP contribution in [-0.4, -0.2) is 9.97 Å². The molecule has 0 bridgehead atoms. The molecular weight excluding hydrogens is 212 g/mol. The number of hydrogen-bond donors (Lipinski definition) is 1. The second kappa shape index (κ2) is 3.94. The molecule has 0 atom stereocenters. The molecule has 0 spiro atoms. The summed E-state index contributed by atoms with van der Waals surface area (Å²) in [6.45, 7) is 2.01. The predicted molar refractivity (Wildman–Crippen MR) is 68.3 cm³/mol. The first-order valence-electron chi connectivity index (χ1n) is 5.50. The molecule has 3 heteroatoms. The van der Waals surface area contributed by atoms with Crippen LogP contribution in [0.2, 0.25) is 0 Å². The Balaban J connectivity index is 2.03. The monoisotopic (exact) mass is 224 g/mol. The molecule has 0 aliphatic heterocycles. The highest BCUT2D eigenvalue weighted by molar-refractivity contribution is 5.82. The van der Waals surface area contributed by atoms with Crippen LogP contribution in [0.1, 0.15) is 18.5 Å². The fourth-order valence-electron chi connectivity index (χ4n) is 1.79. The zero-order chi connectivity index (χ0) is 11.7. The van der Waals surface area contributed by atoms with Crippen molar-refractivity contribution in [3.63, 3.8) is 0 Å². The number of allylic oxidation sites excluding steroid dienone is 1. The fraction of sp³-hybridized carbons (Fsp3) is 0.0714. The van der Waals surface area contributed by atoms with Gasteiger partial charge in [-0.3, -0.25) is 0 Å². The van der Waals surface area contributed by atoms with E-state index in [1.165, 1.54) is 0 Å². The maximum atomic E-state index is 5.28. The van der Waals surface area contributed by atoms with Gasteiger partial charge in [0.1, 0.15) is 11.6 Å². The topological polar surface area (TPSA) is 41.8 Å². The van der Waals surface area contributed by atoms with Gasteiger partial charge in [-0.2, -0.15) is 0 Å². The van der Waals surface area contributed by atoms with Gasteiger partial charge in [0, 0.05) is 0 Å². The maximum absolute atomic E-state index is 5.28. The van der Waals surface area contributed by atoms with Gasteiger partial charge in [-0.15, -0.1) is 0 Å². The molecule has 3 rings (SSSR count). The zero-order valence-electron chi connectivity index (χ0n) is 9.47. The van der Waals surface area contributed by atoms with Crippen molar-refractivity contribution >= 4 is 22.7 Å². The van der Waals surface area contributed by atoms with Crippen LogP contribution in [0.25, 0.3) is 22.7 Å². The smallest absolute Gasteiger partial charge is 0.134 e. The summed E-state index contributed by atoms with van der Waals surface area (Å²) in [6.07, 6.45) is 3.63. The molecule has 2 heterocycles. The van der Waals surface area contributed by atoms with Crippen LogP contribution in [0.3, 0.4) is 0 Å². The zero-order valence-corrected chi connectivity index (χ0v) is 9.47. The van der Waals surface area contributed by atoms with Gasteiger partial charge < -0.3 is 9.40 Å². The lowest BCUT2D eigenvalue weighted by Gasteiger charge is -1.93. The highest BCUT2D eigenvalue weighted by Gasteiger charge is 2.04. The molecular formula is C14H12N2O. The third-order valence-corrected chi connectivity index (χ3v) is 2.66. The van der Waals surface area contributed by atoms with Crippen LogP contribution in [-0.2, 0) is 0 Å². The number of benzene rings is 1. The van der Waals surface area contributed by atoms with E-state index in [9.17, 15) is 0 Å². The van der Waals surface area contributed by atoms with Crippen molar-refractivity contribution in [2.24, 2.45) is 0 Å². The van der Waals surface area contributed by atoms with Gasteiger partial charge in [0.15, 0.2) is 0 Å². The van der Waals surface area contributed by atoms with Gasteiger partial charge in [-0.25, -0.2) is 4.98 Å². The van der Waals surface area contributed by atoms with Crippen molar-refractivity contribution in [1.82, 2.24) is 9.97 Å². The number of aromatic amines is 1. The van der Waals surface area contributed by atoms with E-state index in [-0.39, 0.29) is 0 Å². The maximum Gasteiger partial charge on any atom is 0.134 e. The Labute approximate surface area is 98.8 Å². The summed E-state index contributed by atoms with van der Waals surface area (Å²) in [7, 11) is 0. The largest absolute Gasteiger partial charge is 0.465 e. The lowest BCUT2D eigenvalue weighted by atomic mass is 10.2. The van der Waals surface area contributed by atoms with Crippen molar-refractivity contribution in [2.45, 2.75) is 6.92 Å². The molecule has 0 radical (unpaired) electrons. The fourth-order valence-corrected chi connectivity index (χ4v) is 1.79. The number of imidazole rings is 1. The summed E-state index contributed by atoms with van der Waals surface area (Å²) in [4.78, 5) is 7.81. The Bertz CT molecular complexity index is 629. The third kappa shape index (κ3) is 1.87. The van der Waals surface area contributed by atoms with E-state index < -0.39 is 0 Å². The van der Waals surface area contributed by atoms with Crippen molar-refractivity contribution in [3.05, 3.63) is 54.2 Å². The van der Waals surface area contributed by atoms with Crippen molar-refractivity contribution in [3.8, 4) is 0 Å². The van der Waals surface area contributed by atoms with Gasteiger partial charge in [0.05, 0.1) is 17.3 Å². The minimum Gasteiger partial charge on any atom is -0.465 e. The molecule has 0 amide bonds. The van der Waals surface area contributed by atoms with Gasteiger partial charge in [0.25, 0.3) is 0 Å². The molecule has 1 N–H and O–H groups in total. The molecule has 1 aromatic carbocycles. The molecule has 0 aliphatic carbocycles. The molecule has 0 unspecified atom stereocenters. The molecule has 0 aliphatic rings. The van der Waals surface area contributed by atoms with Crippen LogP contribution in [0.5, 0.6) is 0 Å². The number of nitrogens with zero attached hydrogens (tertiary/aromatic N) is 1. The summed E-state index contributed by atoms with van der Waals surface area (Å²) in [5.74, 6) is 1.71. The number of aromatic nitrogens is 2. The molecule has 84 valence electrons. The number of para-hydroxylation sites is 2. The van der Waals surface area contributed by atoms with Crippen LogP contribution in [0.15, 0.2) is 47.1 Å². The van der Waals surface area contributed by atoms with E-state index in [1.807, 2.05) is 49.4 Å². The van der Waals surface area contributed by atoms with E-state index in [0.717, 1.165) is 28.2 Å². The first-order chi connectivity index (χ1) is 8.33. The summed E-state index contributed by atoms with van der Waals surface area (Å²) in [6, 6.07) is 11.8. The van der Waals surface area contributed by atoms with Gasteiger partial charge in [-0.05, 0) is 42.8 Å². The summed E-state index contributed by atoms with van der Waals surface area (Å²) in [5.41, 5.74) is 3.08. The molecule has 3 nitrogen and oxygen atoms in total. The van der Waals surface area contributed by atoms with Crippen LogP contribution < -0.4 is 0 Å². The second-order valence-corrected chi connectivity index (χ2v) is 3.95. The van der Waals surface area contributed by atoms with Crippen LogP contribution in [0, 0.1) is 0 Å². The first-order valence-corrected chi connectivity index (χ1v) is 5.50. The van der Waals surface area contributed by atoms with Crippen molar-refractivity contribution in [1.29, 1.82) is 0 Å². The van der Waals surface area contributed by atoms with E-state index in [2.05, 4.69) is 9.97 Å². The van der Waals surface area contributed by atoms with E-state index in [1.54, 1.807) is 6.26 Å². The Morgan fingerprint density at radius 3 is 2.88 bits per heavy atom. The molecule has 0 saturated carbocycles. The molecule has 3 aromatic rings. The molecule has 2 aromatic heterocycles. The lowest BCUT2D eigenvalue weighted by molar-refractivity contribution is 0.557. The Hall–Kier alpha value is -2.29. The summed E-state index contributed by atoms with van der Waals surface area (Å²) < 4.78 is 5.28. The van der Waals surface area contributed by atoms with Crippen LogP contribution >= 0.6 is 0 Å². The van der Waals surface area contributed by atoms with Crippen LogP contribution in [0.4, 0.5) is 0 Å². The number of hydrogen-bond acceptors (Lipinski definition) is 2. The van der Waals surface area contributed by atoms with Gasteiger partial charge >= 0.3 is 0 Å². The summed E-state index contributed by atoms with van der Waals surface area (Å²) in [5, 5.41) is 0. The average molecular weight is 224 g/mol. The van der Waals surface area contributed by atoms with Gasteiger partial charge in [0.2, 0.25) is 0 Å². The number of fused-ring (bicyclic) bond motifs is 1. The second-order valence-electron chi connectivity index (χ2n) is 3.95. The van der Waals surface area contributed by atoms with Gasteiger partial charge in [-0.1, -0.05) is 12.1 Å². The molecule has 0 fully saturated rings. The Morgan fingerprint density at radius 2 is 2.12 bits per heavy atom. The molecule has 0 saturated heterocycles. The predicted octanol–water partition coefficient (Wildman–Crippen LogP) is 3.72. The van der Waals surface area contributed by atoms with E-state index in [4.69, 9.17) is 4.42 Å². The van der Waals surface area contributed by atoms with Crippen molar-refractivity contribution in [2.75, 3.05) is 0 Å². The highest BCUT2D eigenvalue weighted by atomic mass is 16.3. The van der Waals surface area contributed by atoms with E-state index in [0.29, 0.717) is 0 Å². The summed E-state index contributed by atoms with van der Waals surface area (Å²) >= 11 is 0. The third-order valence-electron chi connectivity index (χ3n) is 2.66. The number of rotatable bonds is 2. The molecule has 17 heavy (non-hydrogen) atoms. The minimum absolute atomic E-state index is 0.836. The first kappa shape index (κ1) is 9.90. The standard InChI is InChI=1S/C14H12N2O/c1-10(9-11-5-4-8-17-11)14-15-12-6-2-3-7-13(12)16-14/h2-9H,1H3,(H,15,16). The Kier molecular flexibility index (Phi) is 2.29. The highest BCUT2D eigenvalue weighted by Crippen LogP contribution is 2.18. The number of furan rings is 1. The Morgan fingerprint density at radius 1 is 1.24 bits per heavy atom.